The first-order valence-electron chi connectivity index (χ1n) is 7.12. The van der Waals surface area contributed by atoms with Gasteiger partial charge in [-0.25, -0.2) is 0 Å². The van der Waals surface area contributed by atoms with E-state index in [9.17, 15) is 8.78 Å². The highest BCUT2D eigenvalue weighted by Crippen LogP contribution is 2.36. The van der Waals surface area contributed by atoms with Gasteiger partial charge in [0.1, 0.15) is 5.75 Å². The summed E-state index contributed by atoms with van der Waals surface area (Å²) in [5.41, 5.74) is 2.21. The van der Waals surface area contributed by atoms with Crippen LogP contribution in [-0.2, 0) is 11.2 Å². The highest BCUT2D eigenvalue weighted by atomic mass is 32.2. The molecule has 0 fully saturated rings. The normalized spacial score (nSPS) is 11.7. The predicted molar refractivity (Wildman–Crippen MR) is 87.8 cm³/mol. The van der Waals surface area contributed by atoms with Crippen LogP contribution in [0.25, 0.3) is 0 Å². The van der Waals surface area contributed by atoms with Gasteiger partial charge in [-0.05, 0) is 28.7 Å². The second kappa shape index (κ2) is 7.14. The third-order valence-electron chi connectivity index (χ3n) is 3.26. The summed E-state index contributed by atoms with van der Waals surface area (Å²) < 4.78 is 29.8. The summed E-state index contributed by atoms with van der Waals surface area (Å²) in [4.78, 5) is 0.747. The lowest BCUT2D eigenvalue weighted by atomic mass is 9.87. The molecule has 1 nitrogen and oxygen atoms in total. The van der Waals surface area contributed by atoms with E-state index in [-0.39, 0.29) is 11.2 Å². The first-order chi connectivity index (χ1) is 10.4. The molecule has 0 unspecified atom stereocenters. The van der Waals surface area contributed by atoms with Crippen molar-refractivity contribution in [1.29, 1.82) is 0 Å². The third kappa shape index (κ3) is 4.73. The molecule has 0 N–H and O–H groups in total. The maximum absolute atomic E-state index is 12.6. The fraction of sp³-hybridized carbons (Fsp3) is 0.333. The quantitative estimate of drug-likeness (QED) is 0.636. The molecule has 2 rings (SSSR count). The van der Waals surface area contributed by atoms with E-state index in [2.05, 4.69) is 25.5 Å². The number of halogens is 2. The molecule has 0 aliphatic heterocycles. The van der Waals surface area contributed by atoms with Gasteiger partial charge in [0.2, 0.25) is 0 Å². The molecule has 0 atom stereocenters. The van der Waals surface area contributed by atoms with Crippen molar-refractivity contribution >= 4 is 11.8 Å². The summed E-state index contributed by atoms with van der Waals surface area (Å²) in [5.74, 6) is 0.956. The maximum Gasteiger partial charge on any atom is 0.387 e. The topological polar surface area (TPSA) is 9.23 Å². The minimum Gasteiger partial charge on any atom is -0.434 e. The Bertz CT molecular complexity index is 606. The Balaban J connectivity index is 2.24. The molecular weight excluding hydrogens is 302 g/mol. The molecule has 0 aliphatic carbocycles. The second-order valence-corrected chi connectivity index (χ2v) is 7.08. The van der Waals surface area contributed by atoms with Gasteiger partial charge in [-0.15, -0.1) is 11.8 Å². The smallest absolute Gasteiger partial charge is 0.387 e. The summed E-state index contributed by atoms with van der Waals surface area (Å²) in [6.07, 6.45) is 0. The third-order valence-corrected chi connectivity index (χ3v) is 4.37. The van der Waals surface area contributed by atoms with E-state index >= 15 is 0 Å². The van der Waals surface area contributed by atoms with Crippen molar-refractivity contribution in [3.05, 3.63) is 59.7 Å². The second-order valence-electron chi connectivity index (χ2n) is 6.06. The van der Waals surface area contributed by atoms with Crippen LogP contribution in [0.2, 0.25) is 0 Å². The molecule has 0 heterocycles. The number of hydrogen-bond donors (Lipinski definition) is 0. The highest BCUT2D eigenvalue weighted by molar-refractivity contribution is 7.98. The van der Waals surface area contributed by atoms with Crippen LogP contribution in [0.15, 0.2) is 53.4 Å². The molecule has 0 radical (unpaired) electrons. The predicted octanol–water partition coefficient (Wildman–Crippen LogP) is 5.88. The van der Waals surface area contributed by atoms with Gasteiger partial charge in [0.15, 0.2) is 0 Å². The van der Waals surface area contributed by atoms with E-state index in [4.69, 9.17) is 0 Å². The Hall–Kier alpha value is -1.55. The zero-order valence-electron chi connectivity index (χ0n) is 13.0. The van der Waals surface area contributed by atoms with Gasteiger partial charge >= 0.3 is 6.61 Å². The average molecular weight is 322 g/mol. The Labute approximate surface area is 134 Å². The van der Waals surface area contributed by atoms with Crippen molar-refractivity contribution in [2.75, 3.05) is 0 Å². The maximum atomic E-state index is 12.6. The van der Waals surface area contributed by atoms with Crippen molar-refractivity contribution in [3.8, 4) is 5.75 Å². The number of hydrogen-bond acceptors (Lipinski definition) is 2. The van der Waals surface area contributed by atoms with E-state index in [1.807, 2.05) is 42.5 Å². The largest absolute Gasteiger partial charge is 0.434 e. The van der Waals surface area contributed by atoms with Crippen LogP contribution in [0.5, 0.6) is 5.75 Å². The molecule has 0 amide bonds. The molecule has 0 aliphatic rings. The number of thioether (sulfide) groups is 1. The summed E-state index contributed by atoms with van der Waals surface area (Å²) in [6, 6.07) is 15.4. The first-order valence-corrected chi connectivity index (χ1v) is 8.11. The van der Waals surface area contributed by atoms with Crippen molar-refractivity contribution in [1.82, 2.24) is 0 Å². The van der Waals surface area contributed by atoms with Crippen LogP contribution < -0.4 is 4.74 Å². The van der Waals surface area contributed by atoms with E-state index < -0.39 is 6.61 Å². The van der Waals surface area contributed by atoms with E-state index in [1.165, 1.54) is 11.8 Å². The molecule has 0 saturated heterocycles. The Kier molecular flexibility index (Phi) is 5.46. The van der Waals surface area contributed by atoms with E-state index in [0.717, 1.165) is 16.0 Å². The fourth-order valence-electron chi connectivity index (χ4n) is 2.02. The highest BCUT2D eigenvalue weighted by Gasteiger charge is 2.17. The summed E-state index contributed by atoms with van der Waals surface area (Å²) >= 11 is 1.51. The number of benzene rings is 2. The van der Waals surface area contributed by atoms with Crippen LogP contribution >= 0.6 is 11.8 Å². The lowest BCUT2D eigenvalue weighted by Gasteiger charge is -2.21. The summed E-state index contributed by atoms with van der Waals surface area (Å²) in [5, 5.41) is 0. The SMILES string of the molecule is CC(C)(C)c1ccc(OC(F)F)c(SCc2ccccc2)c1. The average Bonchev–Trinajstić information content (AvgIpc) is 2.45. The lowest BCUT2D eigenvalue weighted by molar-refractivity contribution is -0.0516. The van der Waals surface area contributed by atoms with Gasteiger partial charge in [0.05, 0.1) is 4.90 Å². The Morgan fingerprint density at radius 3 is 2.32 bits per heavy atom. The number of rotatable bonds is 5. The van der Waals surface area contributed by atoms with Crippen molar-refractivity contribution in [2.24, 2.45) is 0 Å². The zero-order valence-corrected chi connectivity index (χ0v) is 13.8. The minimum atomic E-state index is -2.81. The minimum absolute atomic E-state index is 0.0363. The standard InChI is InChI=1S/C18H20F2OS/c1-18(2,3)14-9-10-15(21-17(19)20)16(11-14)22-12-13-7-5-4-6-8-13/h4-11,17H,12H2,1-3H3. The molecule has 118 valence electrons. The van der Waals surface area contributed by atoms with E-state index in [0.29, 0.717) is 5.75 Å². The zero-order chi connectivity index (χ0) is 16.2. The van der Waals surface area contributed by atoms with E-state index in [1.54, 1.807) is 6.07 Å². The molecule has 2 aromatic carbocycles. The summed E-state index contributed by atoms with van der Waals surface area (Å²) in [6.45, 7) is 3.49. The summed E-state index contributed by atoms with van der Waals surface area (Å²) in [7, 11) is 0. The molecular formula is C18H20F2OS. The van der Waals surface area contributed by atoms with Crippen LogP contribution in [-0.4, -0.2) is 6.61 Å². The number of alkyl halides is 2. The first kappa shape index (κ1) is 16.8. The molecule has 0 aromatic heterocycles. The molecule has 22 heavy (non-hydrogen) atoms. The van der Waals surface area contributed by atoms with Crippen LogP contribution in [0.1, 0.15) is 31.9 Å². The van der Waals surface area contributed by atoms with Crippen LogP contribution in [0, 0.1) is 0 Å². The molecule has 0 bridgehead atoms. The Morgan fingerprint density at radius 1 is 1.05 bits per heavy atom. The Morgan fingerprint density at radius 2 is 1.73 bits per heavy atom. The van der Waals surface area contributed by atoms with Crippen molar-refractivity contribution in [3.63, 3.8) is 0 Å². The van der Waals surface area contributed by atoms with Crippen molar-refractivity contribution < 1.29 is 13.5 Å². The lowest BCUT2D eigenvalue weighted by Crippen LogP contribution is -2.11. The van der Waals surface area contributed by atoms with Crippen LogP contribution in [0.4, 0.5) is 8.78 Å². The molecule has 2 aromatic rings. The van der Waals surface area contributed by atoms with Gasteiger partial charge in [0, 0.05) is 5.75 Å². The van der Waals surface area contributed by atoms with Gasteiger partial charge < -0.3 is 4.74 Å². The molecule has 0 saturated carbocycles. The molecule has 4 heteroatoms. The number of ether oxygens (including phenoxy) is 1. The van der Waals surface area contributed by atoms with Gasteiger partial charge in [0.25, 0.3) is 0 Å². The molecule has 0 spiro atoms. The monoisotopic (exact) mass is 322 g/mol. The fourth-order valence-corrected chi connectivity index (χ4v) is 3.00. The van der Waals surface area contributed by atoms with Crippen LogP contribution in [0.3, 0.4) is 0 Å². The van der Waals surface area contributed by atoms with Gasteiger partial charge in [-0.2, -0.15) is 8.78 Å². The van der Waals surface area contributed by atoms with Gasteiger partial charge in [-0.1, -0.05) is 57.2 Å². The van der Waals surface area contributed by atoms with Gasteiger partial charge in [-0.3, -0.25) is 0 Å². The van der Waals surface area contributed by atoms with Crippen molar-refractivity contribution in [2.45, 2.75) is 43.4 Å².